The van der Waals surface area contributed by atoms with Crippen LogP contribution in [0.25, 0.3) is 22.4 Å². The molecule has 0 saturated heterocycles. The number of aromatic amines is 1. The van der Waals surface area contributed by atoms with Crippen LogP contribution in [-0.4, -0.2) is 26.1 Å². The fourth-order valence-corrected chi connectivity index (χ4v) is 2.85. The van der Waals surface area contributed by atoms with Crippen molar-refractivity contribution in [1.82, 2.24) is 15.2 Å². The molecule has 3 rings (SSSR count). The topological polar surface area (TPSA) is 61.9 Å². The molecule has 1 N–H and O–H groups in total. The Kier molecular flexibility index (Phi) is 4.67. The van der Waals surface area contributed by atoms with Crippen molar-refractivity contribution < 1.29 is 9.18 Å². The van der Waals surface area contributed by atoms with E-state index in [9.17, 15) is 9.18 Å². The summed E-state index contributed by atoms with van der Waals surface area (Å²) in [5.74, 6) is -0.153. The van der Waals surface area contributed by atoms with Crippen molar-refractivity contribution in [2.75, 3.05) is 4.90 Å². The van der Waals surface area contributed by atoms with Crippen LogP contribution in [0.15, 0.2) is 48.8 Å². The van der Waals surface area contributed by atoms with Crippen molar-refractivity contribution in [2.24, 2.45) is 0 Å². The maximum absolute atomic E-state index is 13.3. The molecule has 0 aliphatic heterocycles. The Morgan fingerprint density at radius 2 is 1.72 bits per heavy atom. The number of pyridine rings is 1. The number of amides is 1. The second kappa shape index (κ2) is 6.90. The number of rotatable bonds is 3. The molecule has 0 spiro atoms. The molecule has 0 bridgehead atoms. The minimum atomic E-state index is -0.325. The van der Waals surface area contributed by atoms with Crippen molar-refractivity contribution in [3.63, 3.8) is 0 Å². The molecule has 1 amide bonds. The molecule has 0 aliphatic carbocycles. The number of hydrogen-bond acceptors (Lipinski definition) is 4. The van der Waals surface area contributed by atoms with Crippen LogP contribution in [0.1, 0.15) is 13.8 Å². The monoisotopic (exact) mass is 354 g/mol. The maximum Gasteiger partial charge on any atom is 0.230 e. The third kappa shape index (κ3) is 3.32. The minimum Gasteiger partial charge on any atom is -0.275 e. The van der Waals surface area contributed by atoms with E-state index >= 15 is 0 Å². The van der Waals surface area contributed by atoms with Gasteiger partial charge in [0.2, 0.25) is 5.91 Å². The Morgan fingerprint density at radius 1 is 1.08 bits per heavy atom. The minimum absolute atomic E-state index is 0.236. The summed E-state index contributed by atoms with van der Waals surface area (Å²) in [7, 11) is 0. The summed E-state index contributed by atoms with van der Waals surface area (Å²) in [5, 5.41) is 7.27. The average molecular weight is 354 g/mol. The van der Waals surface area contributed by atoms with Crippen LogP contribution in [0.2, 0.25) is 0 Å². The number of carbonyl (C=O) groups is 1. The van der Waals surface area contributed by atoms with Crippen molar-refractivity contribution in [3.8, 4) is 22.4 Å². The van der Waals surface area contributed by atoms with E-state index in [0.29, 0.717) is 22.1 Å². The van der Waals surface area contributed by atoms with E-state index in [1.165, 1.54) is 24.0 Å². The fraction of sp³-hybridized carbons (Fsp3) is 0.111. The molecule has 0 saturated carbocycles. The highest BCUT2D eigenvalue weighted by molar-refractivity contribution is 7.80. The van der Waals surface area contributed by atoms with Crippen LogP contribution in [0, 0.1) is 5.82 Å². The largest absolute Gasteiger partial charge is 0.275 e. The molecule has 7 heteroatoms. The van der Waals surface area contributed by atoms with Gasteiger partial charge in [-0.05, 0) is 48.9 Å². The predicted octanol–water partition coefficient (Wildman–Crippen LogP) is 3.98. The summed E-state index contributed by atoms with van der Waals surface area (Å²) in [6.45, 7) is 3.09. The van der Waals surface area contributed by atoms with Gasteiger partial charge in [0, 0.05) is 24.9 Å². The lowest BCUT2D eigenvalue weighted by Gasteiger charge is -2.18. The van der Waals surface area contributed by atoms with Crippen LogP contribution in [0.4, 0.5) is 10.2 Å². The van der Waals surface area contributed by atoms with Crippen LogP contribution in [0.3, 0.4) is 0 Å². The standard InChI is InChI=1S/C18H15FN4OS/c1-11(24)23(12(2)25)18-16(13-7-9-20-10-8-13)17(21-22-18)14-3-5-15(19)6-4-14/h3-10H,1-2H3,(H,21,22). The summed E-state index contributed by atoms with van der Waals surface area (Å²) >= 11 is 5.22. The van der Waals surface area contributed by atoms with Crippen LogP contribution in [-0.2, 0) is 4.79 Å². The predicted molar refractivity (Wildman–Crippen MR) is 98.6 cm³/mol. The number of nitrogens with zero attached hydrogens (tertiary/aromatic N) is 3. The highest BCUT2D eigenvalue weighted by Gasteiger charge is 2.25. The molecule has 3 aromatic rings. The van der Waals surface area contributed by atoms with Gasteiger partial charge in [0.15, 0.2) is 5.82 Å². The molecule has 126 valence electrons. The van der Waals surface area contributed by atoms with E-state index in [1.54, 1.807) is 31.5 Å². The second-order valence-electron chi connectivity index (χ2n) is 5.41. The second-order valence-corrected chi connectivity index (χ2v) is 6.00. The zero-order chi connectivity index (χ0) is 18.0. The van der Waals surface area contributed by atoms with Gasteiger partial charge in [0.1, 0.15) is 5.82 Å². The first-order valence-corrected chi connectivity index (χ1v) is 7.96. The Balaban J connectivity index is 2.25. The number of H-pyrrole nitrogens is 1. The zero-order valence-electron chi connectivity index (χ0n) is 13.7. The quantitative estimate of drug-likeness (QED) is 0.723. The van der Waals surface area contributed by atoms with Gasteiger partial charge in [0.05, 0.1) is 16.2 Å². The fourth-order valence-electron chi connectivity index (χ4n) is 2.63. The average Bonchev–Trinajstić information content (AvgIpc) is 3.00. The smallest absolute Gasteiger partial charge is 0.230 e. The lowest BCUT2D eigenvalue weighted by atomic mass is 10.0. The number of carbonyl (C=O) groups excluding carboxylic acids is 1. The van der Waals surface area contributed by atoms with Crippen LogP contribution >= 0.6 is 12.2 Å². The van der Waals surface area contributed by atoms with Crippen molar-refractivity contribution in [1.29, 1.82) is 0 Å². The number of nitrogens with one attached hydrogen (secondary N) is 1. The number of halogens is 1. The Labute approximate surface area is 149 Å². The number of benzene rings is 1. The third-order valence-corrected chi connectivity index (χ3v) is 3.87. The lowest BCUT2D eigenvalue weighted by molar-refractivity contribution is -0.115. The van der Waals surface area contributed by atoms with E-state index < -0.39 is 0 Å². The number of hydrogen-bond donors (Lipinski definition) is 1. The molecule has 25 heavy (non-hydrogen) atoms. The van der Waals surface area contributed by atoms with Gasteiger partial charge >= 0.3 is 0 Å². The summed E-state index contributed by atoms with van der Waals surface area (Å²) in [5.41, 5.74) is 2.94. The summed E-state index contributed by atoms with van der Waals surface area (Å²) in [6.07, 6.45) is 3.31. The molecule has 0 radical (unpaired) electrons. The lowest BCUT2D eigenvalue weighted by Crippen LogP contribution is -2.32. The molecule has 5 nitrogen and oxygen atoms in total. The van der Waals surface area contributed by atoms with E-state index in [4.69, 9.17) is 12.2 Å². The molecule has 1 aromatic carbocycles. The molecule has 2 heterocycles. The third-order valence-electron chi connectivity index (χ3n) is 3.69. The first-order valence-electron chi connectivity index (χ1n) is 7.55. The van der Waals surface area contributed by atoms with Gasteiger partial charge in [-0.15, -0.1) is 0 Å². The van der Waals surface area contributed by atoms with E-state index in [-0.39, 0.29) is 11.7 Å². The van der Waals surface area contributed by atoms with Gasteiger partial charge in [-0.1, -0.05) is 12.2 Å². The highest BCUT2D eigenvalue weighted by atomic mass is 32.1. The Hall–Kier alpha value is -2.93. The molecular formula is C18H15FN4OS. The first kappa shape index (κ1) is 16.9. The van der Waals surface area contributed by atoms with E-state index in [2.05, 4.69) is 15.2 Å². The molecule has 2 aromatic heterocycles. The van der Waals surface area contributed by atoms with Gasteiger partial charge in [0.25, 0.3) is 0 Å². The van der Waals surface area contributed by atoms with Crippen LogP contribution in [0.5, 0.6) is 0 Å². The van der Waals surface area contributed by atoms with Gasteiger partial charge in [-0.25, -0.2) is 4.39 Å². The molecule has 0 aliphatic rings. The molecule has 0 unspecified atom stereocenters. The molecule has 0 fully saturated rings. The number of thiocarbonyl (C=S) groups is 1. The van der Waals surface area contributed by atoms with Crippen molar-refractivity contribution in [3.05, 3.63) is 54.6 Å². The molecule has 0 atom stereocenters. The first-order chi connectivity index (χ1) is 12.0. The SMILES string of the molecule is CC(=O)N(C(C)=S)c1n[nH]c(-c2ccc(F)cc2)c1-c1ccncc1. The van der Waals surface area contributed by atoms with Crippen molar-refractivity contribution in [2.45, 2.75) is 13.8 Å². The number of aromatic nitrogens is 3. The highest BCUT2D eigenvalue weighted by Crippen LogP contribution is 2.38. The van der Waals surface area contributed by atoms with Crippen molar-refractivity contribution >= 4 is 28.9 Å². The molecular weight excluding hydrogens is 339 g/mol. The Morgan fingerprint density at radius 3 is 2.28 bits per heavy atom. The zero-order valence-corrected chi connectivity index (χ0v) is 14.5. The maximum atomic E-state index is 13.3. The Bertz CT molecular complexity index is 908. The van der Waals surface area contributed by atoms with E-state index in [0.717, 1.165) is 11.1 Å². The summed E-state index contributed by atoms with van der Waals surface area (Å²) in [6, 6.07) is 9.69. The number of anilines is 1. The summed E-state index contributed by atoms with van der Waals surface area (Å²) < 4.78 is 13.3. The summed E-state index contributed by atoms with van der Waals surface area (Å²) in [4.78, 5) is 17.9. The van der Waals surface area contributed by atoms with Gasteiger partial charge < -0.3 is 0 Å². The normalized spacial score (nSPS) is 10.5. The van der Waals surface area contributed by atoms with E-state index in [1.807, 2.05) is 12.1 Å². The van der Waals surface area contributed by atoms with Gasteiger partial charge in [-0.3, -0.25) is 19.8 Å². The van der Waals surface area contributed by atoms with Gasteiger partial charge in [-0.2, -0.15) is 5.10 Å². The van der Waals surface area contributed by atoms with Crippen LogP contribution < -0.4 is 4.90 Å².